The number of hydrogen-bond acceptors (Lipinski definition) is 3. The van der Waals surface area contributed by atoms with Gasteiger partial charge in [-0.25, -0.2) is 4.39 Å². The van der Waals surface area contributed by atoms with Crippen molar-refractivity contribution >= 4 is 12.0 Å². The van der Waals surface area contributed by atoms with E-state index in [-0.39, 0.29) is 5.82 Å². The molecule has 1 unspecified atom stereocenters. The summed E-state index contributed by atoms with van der Waals surface area (Å²) in [5.41, 5.74) is 1.26. The van der Waals surface area contributed by atoms with E-state index in [1.165, 1.54) is 44.5 Å². The minimum atomic E-state index is -0.328. The molecule has 2 aliphatic heterocycles. The van der Waals surface area contributed by atoms with Crippen molar-refractivity contribution in [3.05, 3.63) is 29.6 Å². The van der Waals surface area contributed by atoms with Crippen LogP contribution in [0.5, 0.6) is 0 Å². The molecule has 0 radical (unpaired) electrons. The van der Waals surface area contributed by atoms with Crippen molar-refractivity contribution in [1.29, 1.82) is 0 Å². The summed E-state index contributed by atoms with van der Waals surface area (Å²) in [6.45, 7) is 4.28. The lowest BCUT2D eigenvalue weighted by molar-refractivity contribution is 0.112. The molecule has 1 aromatic carbocycles. The molecular formula is C16H21FN2O. The van der Waals surface area contributed by atoms with Crippen molar-refractivity contribution in [3.63, 3.8) is 0 Å². The minimum Gasteiger partial charge on any atom is -0.370 e. The van der Waals surface area contributed by atoms with E-state index in [0.29, 0.717) is 17.9 Å². The van der Waals surface area contributed by atoms with Crippen LogP contribution in [0.2, 0.25) is 0 Å². The molecule has 2 heterocycles. The van der Waals surface area contributed by atoms with Gasteiger partial charge in [0.1, 0.15) is 12.1 Å². The molecule has 0 N–H and O–H groups in total. The van der Waals surface area contributed by atoms with E-state index >= 15 is 0 Å². The Bertz CT molecular complexity index is 485. The van der Waals surface area contributed by atoms with Gasteiger partial charge in [0.2, 0.25) is 0 Å². The topological polar surface area (TPSA) is 23.6 Å². The van der Waals surface area contributed by atoms with E-state index < -0.39 is 0 Å². The summed E-state index contributed by atoms with van der Waals surface area (Å²) in [7, 11) is 0. The first-order valence-electron chi connectivity index (χ1n) is 7.51. The number of anilines is 1. The summed E-state index contributed by atoms with van der Waals surface area (Å²) >= 11 is 0. The molecule has 4 heteroatoms. The summed E-state index contributed by atoms with van der Waals surface area (Å²) in [5, 5.41) is 0. The largest absolute Gasteiger partial charge is 0.370 e. The maximum Gasteiger partial charge on any atom is 0.150 e. The Morgan fingerprint density at radius 2 is 1.90 bits per heavy atom. The van der Waals surface area contributed by atoms with Crippen LogP contribution < -0.4 is 4.90 Å². The average molecular weight is 276 g/mol. The van der Waals surface area contributed by atoms with E-state index in [4.69, 9.17) is 0 Å². The first-order chi connectivity index (χ1) is 9.76. The quantitative estimate of drug-likeness (QED) is 0.793. The second kappa shape index (κ2) is 5.92. The lowest BCUT2D eigenvalue weighted by Gasteiger charge is -2.32. The van der Waals surface area contributed by atoms with Crippen molar-refractivity contribution in [2.24, 2.45) is 0 Å². The van der Waals surface area contributed by atoms with Gasteiger partial charge in [0, 0.05) is 30.4 Å². The van der Waals surface area contributed by atoms with Crippen LogP contribution in [0.1, 0.15) is 36.0 Å². The number of carbonyl (C=O) groups is 1. The van der Waals surface area contributed by atoms with Crippen LogP contribution in [0, 0.1) is 5.82 Å². The zero-order chi connectivity index (χ0) is 13.9. The summed E-state index contributed by atoms with van der Waals surface area (Å²) < 4.78 is 13.5. The van der Waals surface area contributed by atoms with Crippen molar-refractivity contribution in [2.45, 2.75) is 31.7 Å². The van der Waals surface area contributed by atoms with Crippen LogP contribution in [0.25, 0.3) is 0 Å². The van der Waals surface area contributed by atoms with Gasteiger partial charge in [-0.3, -0.25) is 9.69 Å². The summed E-state index contributed by atoms with van der Waals surface area (Å²) in [4.78, 5) is 15.6. The Labute approximate surface area is 119 Å². The number of likely N-dealkylation sites (tertiary alicyclic amines) is 1. The Morgan fingerprint density at radius 3 is 2.65 bits per heavy atom. The molecule has 0 saturated carbocycles. The normalized spacial score (nSPS) is 24.1. The molecule has 0 aliphatic carbocycles. The van der Waals surface area contributed by atoms with Crippen LogP contribution in [0.4, 0.5) is 10.1 Å². The maximum atomic E-state index is 13.5. The predicted molar refractivity (Wildman–Crippen MR) is 77.8 cm³/mol. The van der Waals surface area contributed by atoms with Crippen molar-refractivity contribution in [3.8, 4) is 0 Å². The second-order valence-corrected chi connectivity index (χ2v) is 5.85. The summed E-state index contributed by atoms with van der Waals surface area (Å²) in [6.07, 6.45) is 5.79. The van der Waals surface area contributed by atoms with Crippen molar-refractivity contribution in [1.82, 2.24) is 4.90 Å². The molecule has 3 nitrogen and oxygen atoms in total. The highest BCUT2D eigenvalue weighted by molar-refractivity contribution is 5.77. The fourth-order valence-electron chi connectivity index (χ4n) is 3.40. The van der Waals surface area contributed by atoms with Crippen LogP contribution in [0.15, 0.2) is 18.2 Å². The van der Waals surface area contributed by atoms with E-state index in [9.17, 15) is 9.18 Å². The molecule has 0 bridgehead atoms. The highest BCUT2D eigenvalue weighted by atomic mass is 19.1. The Balaban J connectivity index is 1.70. The van der Waals surface area contributed by atoms with Crippen molar-refractivity contribution < 1.29 is 9.18 Å². The molecular weight excluding hydrogens is 255 g/mol. The molecule has 0 aromatic heterocycles. The number of benzene rings is 1. The number of halogens is 1. The zero-order valence-corrected chi connectivity index (χ0v) is 11.7. The van der Waals surface area contributed by atoms with E-state index in [1.807, 2.05) is 0 Å². The maximum absolute atomic E-state index is 13.5. The smallest absolute Gasteiger partial charge is 0.150 e. The fraction of sp³-hybridized carbons (Fsp3) is 0.562. The highest BCUT2D eigenvalue weighted by Gasteiger charge is 2.28. The molecule has 2 fully saturated rings. The fourth-order valence-corrected chi connectivity index (χ4v) is 3.40. The Hall–Kier alpha value is -1.42. The van der Waals surface area contributed by atoms with Crippen molar-refractivity contribution in [2.75, 3.05) is 31.1 Å². The third kappa shape index (κ3) is 2.85. The monoisotopic (exact) mass is 276 g/mol. The Morgan fingerprint density at radius 1 is 1.10 bits per heavy atom. The van der Waals surface area contributed by atoms with Gasteiger partial charge in [-0.15, -0.1) is 0 Å². The van der Waals surface area contributed by atoms with Gasteiger partial charge in [0.25, 0.3) is 0 Å². The number of aldehydes is 1. The van der Waals surface area contributed by atoms with Gasteiger partial charge in [0.15, 0.2) is 0 Å². The molecule has 108 valence electrons. The molecule has 1 atom stereocenters. The van der Waals surface area contributed by atoms with Gasteiger partial charge in [-0.05, 0) is 50.6 Å². The lowest BCUT2D eigenvalue weighted by Crippen LogP contribution is -2.40. The molecule has 2 aliphatic rings. The van der Waals surface area contributed by atoms with Crippen LogP contribution >= 0.6 is 0 Å². The van der Waals surface area contributed by atoms with Crippen LogP contribution in [-0.4, -0.2) is 43.4 Å². The predicted octanol–water partition coefficient (Wildman–Crippen LogP) is 2.70. The molecule has 20 heavy (non-hydrogen) atoms. The van der Waals surface area contributed by atoms with E-state index in [2.05, 4.69) is 9.80 Å². The lowest BCUT2D eigenvalue weighted by atomic mass is 10.1. The van der Waals surface area contributed by atoms with E-state index in [1.54, 1.807) is 6.07 Å². The van der Waals surface area contributed by atoms with Gasteiger partial charge < -0.3 is 4.90 Å². The standard InChI is InChI=1S/C16H21FN2O/c17-14-8-13(12-20)9-16(10-14)19-7-4-15(11-19)18-5-2-1-3-6-18/h8-10,12,15H,1-7,11H2. The third-order valence-corrected chi connectivity index (χ3v) is 4.48. The Kier molecular flexibility index (Phi) is 4.01. The number of piperidine rings is 1. The van der Waals surface area contributed by atoms with E-state index in [0.717, 1.165) is 25.2 Å². The van der Waals surface area contributed by atoms with Gasteiger partial charge in [-0.1, -0.05) is 6.42 Å². The highest BCUT2D eigenvalue weighted by Crippen LogP contribution is 2.26. The minimum absolute atomic E-state index is 0.328. The molecule has 1 aromatic rings. The van der Waals surface area contributed by atoms with Gasteiger partial charge in [0.05, 0.1) is 0 Å². The number of rotatable bonds is 3. The molecule has 3 rings (SSSR count). The van der Waals surface area contributed by atoms with Gasteiger partial charge >= 0.3 is 0 Å². The average Bonchev–Trinajstić information content (AvgIpc) is 2.97. The zero-order valence-electron chi connectivity index (χ0n) is 11.7. The molecule has 0 spiro atoms. The summed E-state index contributed by atoms with van der Waals surface area (Å²) in [6, 6.07) is 5.19. The van der Waals surface area contributed by atoms with Crippen LogP contribution in [-0.2, 0) is 0 Å². The first kappa shape index (κ1) is 13.6. The second-order valence-electron chi connectivity index (χ2n) is 5.85. The number of carbonyl (C=O) groups excluding carboxylic acids is 1. The van der Waals surface area contributed by atoms with Crippen LogP contribution in [0.3, 0.4) is 0 Å². The number of nitrogens with zero attached hydrogens (tertiary/aromatic N) is 2. The molecule has 2 saturated heterocycles. The number of hydrogen-bond donors (Lipinski definition) is 0. The summed E-state index contributed by atoms with van der Waals surface area (Å²) in [5.74, 6) is -0.328. The SMILES string of the molecule is O=Cc1cc(F)cc(N2CCC(N3CCCCC3)C2)c1. The van der Waals surface area contributed by atoms with Gasteiger partial charge in [-0.2, -0.15) is 0 Å². The molecule has 0 amide bonds. The first-order valence-corrected chi connectivity index (χ1v) is 7.51. The third-order valence-electron chi connectivity index (χ3n) is 4.48.